The van der Waals surface area contributed by atoms with Gasteiger partial charge in [0.05, 0.1) is 13.2 Å². The van der Waals surface area contributed by atoms with E-state index in [1.165, 1.54) is 18.4 Å². The summed E-state index contributed by atoms with van der Waals surface area (Å²) in [6.45, 7) is 8.38. The molecule has 0 amide bonds. The number of likely N-dealkylation sites (N-methyl/N-ethyl adjacent to an activating group) is 1. The van der Waals surface area contributed by atoms with Gasteiger partial charge in [-0.25, -0.2) is 0 Å². The maximum atomic E-state index is 5.80. The highest BCUT2D eigenvalue weighted by Gasteiger charge is 2.21. The van der Waals surface area contributed by atoms with E-state index in [4.69, 9.17) is 9.15 Å². The molecule has 108 valence electrons. The minimum atomic E-state index is 0.725. The first-order chi connectivity index (χ1) is 9.19. The highest BCUT2D eigenvalue weighted by atomic mass is 16.5. The van der Waals surface area contributed by atoms with Crippen molar-refractivity contribution in [1.29, 1.82) is 0 Å². The van der Waals surface area contributed by atoms with E-state index < -0.39 is 0 Å². The van der Waals surface area contributed by atoms with E-state index >= 15 is 0 Å². The van der Waals surface area contributed by atoms with Crippen LogP contribution < -0.4 is 5.32 Å². The van der Waals surface area contributed by atoms with Crippen molar-refractivity contribution in [2.75, 3.05) is 26.8 Å². The van der Waals surface area contributed by atoms with E-state index in [1.807, 2.05) is 13.8 Å². The standard InChI is InChI=1S/C15H26N2O2/c1-4-18-8-7-17(3)11-13-9-15(19-12(13)2)10-16-14-5-6-14/h9,14,16H,4-8,10-11H2,1-3H3. The number of nitrogens with zero attached hydrogens (tertiary/aromatic N) is 1. The number of ether oxygens (including phenoxy) is 1. The topological polar surface area (TPSA) is 37.6 Å². The van der Waals surface area contributed by atoms with Crippen molar-refractivity contribution in [3.8, 4) is 0 Å². The van der Waals surface area contributed by atoms with Crippen LogP contribution in [0.2, 0.25) is 0 Å². The van der Waals surface area contributed by atoms with Crippen molar-refractivity contribution >= 4 is 0 Å². The molecule has 0 aliphatic heterocycles. The molecule has 1 aliphatic rings. The maximum Gasteiger partial charge on any atom is 0.118 e. The maximum absolute atomic E-state index is 5.80. The number of aryl methyl sites for hydroxylation is 1. The van der Waals surface area contributed by atoms with Gasteiger partial charge in [-0.1, -0.05) is 0 Å². The molecule has 1 aromatic heterocycles. The van der Waals surface area contributed by atoms with Gasteiger partial charge in [-0.3, -0.25) is 4.90 Å². The number of hydrogen-bond acceptors (Lipinski definition) is 4. The lowest BCUT2D eigenvalue weighted by Gasteiger charge is -2.15. The van der Waals surface area contributed by atoms with E-state index in [0.29, 0.717) is 0 Å². The fraction of sp³-hybridized carbons (Fsp3) is 0.733. The van der Waals surface area contributed by atoms with Crippen LogP contribution in [0.1, 0.15) is 36.8 Å². The Balaban J connectivity index is 1.77. The molecule has 1 aromatic rings. The largest absolute Gasteiger partial charge is 0.465 e. The molecule has 1 fully saturated rings. The highest BCUT2D eigenvalue weighted by molar-refractivity contribution is 5.20. The average molecular weight is 266 g/mol. The Morgan fingerprint density at radius 3 is 2.95 bits per heavy atom. The van der Waals surface area contributed by atoms with Crippen LogP contribution >= 0.6 is 0 Å². The van der Waals surface area contributed by atoms with Gasteiger partial charge in [0.2, 0.25) is 0 Å². The van der Waals surface area contributed by atoms with Crippen LogP contribution in [-0.4, -0.2) is 37.7 Å². The third-order valence-electron chi connectivity index (χ3n) is 3.48. The highest BCUT2D eigenvalue weighted by Crippen LogP contribution is 2.21. The molecular weight excluding hydrogens is 240 g/mol. The first-order valence-electron chi connectivity index (χ1n) is 7.27. The SMILES string of the molecule is CCOCCN(C)Cc1cc(CNC2CC2)oc1C. The first-order valence-corrected chi connectivity index (χ1v) is 7.27. The first kappa shape index (κ1) is 14.6. The van der Waals surface area contributed by atoms with Crippen molar-refractivity contribution in [3.05, 3.63) is 23.2 Å². The summed E-state index contributed by atoms with van der Waals surface area (Å²) < 4.78 is 11.2. The lowest BCUT2D eigenvalue weighted by atomic mass is 10.2. The van der Waals surface area contributed by atoms with Crippen molar-refractivity contribution in [3.63, 3.8) is 0 Å². The number of rotatable bonds is 9. The molecule has 1 aliphatic carbocycles. The summed E-state index contributed by atoms with van der Waals surface area (Å²) in [6, 6.07) is 2.91. The average Bonchev–Trinajstić information content (AvgIpc) is 3.13. The molecular formula is C15H26N2O2. The minimum Gasteiger partial charge on any atom is -0.465 e. The minimum absolute atomic E-state index is 0.725. The Morgan fingerprint density at radius 1 is 1.47 bits per heavy atom. The second-order valence-electron chi connectivity index (χ2n) is 5.38. The molecule has 0 aromatic carbocycles. The van der Waals surface area contributed by atoms with Gasteiger partial charge in [0, 0.05) is 31.3 Å². The number of furan rings is 1. The quantitative estimate of drug-likeness (QED) is 0.696. The van der Waals surface area contributed by atoms with Crippen LogP contribution in [0.15, 0.2) is 10.5 Å². The molecule has 1 saturated carbocycles. The summed E-state index contributed by atoms with van der Waals surface area (Å²) in [5, 5.41) is 3.48. The van der Waals surface area contributed by atoms with Crippen molar-refractivity contribution in [1.82, 2.24) is 10.2 Å². The van der Waals surface area contributed by atoms with E-state index in [0.717, 1.165) is 50.4 Å². The van der Waals surface area contributed by atoms with Gasteiger partial charge < -0.3 is 14.5 Å². The predicted octanol–water partition coefficient (Wildman–Crippen LogP) is 2.31. The van der Waals surface area contributed by atoms with Crippen LogP contribution in [0.25, 0.3) is 0 Å². The summed E-state index contributed by atoms with van der Waals surface area (Å²) in [4.78, 5) is 2.27. The van der Waals surface area contributed by atoms with E-state index in [-0.39, 0.29) is 0 Å². The van der Waals surface area contributed by atoms with E-state index in [1.54, 1.807) is 0 Å². The molecule has 0 saturated heterocycles. The molecule has 1 N–H and O–H groups in total. The smallest absolute Gasteiger partial charge is 0.118 e. The molecule has 0 radical (unpaired) electrons. The fourth-order valence-corrected chi connectivity index (χ4v) is 2.10. The van der Waals surface area contributed by atoms with Crippen molar-refractivity contribution in [2.24, 2.45) is 0 Å². The fourth-order valence-electron chi connectivity index (χ4n) is 2.10. The molecule has 0 unspecified atom stereocenters. The van der Waals surface area contributed by atoms with Crippen LogP contribution in [0, 0.1) is 6.92 Å². The van der Waals surface area contributed by atoms with Gasteiger partial charge >= 0.3 is 0 Å². The molecule has 0 spiro atoms. The molecule has 1 heterocycles. The Labute approximate surface area is 116 Å². The van der Waals surface area contributed by atoms with Gasteiger partial charge in [-0.05, 0) is 39.8 Å². The summed E-state index contributed by atoms with van der Waals surface area (Å²) in [5.41, 5.74) is 1.28. The van der Waals surface area contributed by atoms with Crippen molar-refractivity contribution < 1.29 is 9.15 Å². The summed E-state index contributed by atoms with van der Waals surface area (Å²) in [7, 11) is 2.12. The van der Waals surface area contributed by atoms with Crippen molar-refractivity contribution in [2.45, 2.75) is 45.8 Å². The summed E-state index contributed by atoms with van der Waals surface area (Å²) >= 11 is 0. The third kappa shape index (κ3) is 4.97. The van der Waals surface area contributed by atoms with Crippen LogP contribution in [0.3, 0.4) is 0 Å². The molecule has 19 heavy (non-hydrogen) atoms. The zero-order valence-electron chi connectivity index (χ0n) is 12.4. The summed E-state index contributed by atoms with van der Waals surface area (Å²) in [6.07, 6.45) is 2.62. The monoisotopic (exact) mass is 266 g/mol. The Hall–Kier alpha value is -0.840. The van der Waals surface area contributed by atoms with E-state index in [2.05, 4.69) is 23.3 Å². The predicted molar refractivity (Wildman–Crippen MR) is 76.1 cm³/mol. The van der Waals surface area contributed by atoms with Gasteiger partial charge in [0.25, 0.3) is 0 Å². The Kier molecular flexibility index (Phi) is 5.43. The molecule has 2 rings (SSSR count). The lowest BCUT2D eigenvalue weighted by molar-refractivity contribution is 0.120. The zero-order chi connectivity index (χ0) is 13.7. The van der Waals surface area contributed by atoms with Crippen LogP contribution in [0.4, 0.5) is 0 Å². The number of nitrogens with one attached hydrogen (secondary N) is 1. The molecule has 4 heteroatoms. The third-order valence-corrected chi connectivity index (χ3v) is 3.48. The van der Waals surface area contributed by atoms with Crippen LogP contribution in [-0.2, 0) is 17.8 Å². The second-order valence-corrected chi connectivity index (χ2v) is 5.38. The molecule has 4 nitrogen and oxygen atoms in total. The normalized spacial score (nSPS) is 15.4. The Bertz CT molecular complexity index is 385. The summed E-state index contributed by atoms with van der Waals surface area (Å²) in [5.74, 6) is 2.09. The number of hydrogen-bond donors (Lipinski definition) is 1. The molecule has 0 atom stereocenters. The Morgan fingerprint density at radius 2 is 2.26 bits per heavy atom. The van der Waals surface area contributed by atoms with Gasteiger partial charge in [-0.15, -0.1) is 0 Å². The van der Waals surface area contributed by atoms with Gasteiger partial charge in [-0.2, -0.15) is 0 Å². The lowest BCUT2D eigenvalue weighted by Crippen LogP contribution is -2.22. The second kappa shape index (κ2) is 7.08. The van der Waals surface area contributed by atoms with Gasteiger partial charge in [0.15, 0.2) is 0 Å². The van der Waals surface area contributed by atoms with E-state index in [9.17, 15) is 0 Å². The van der Waals surface area contributed by atoms with Crippen LogP contribution in [0.5, 0.6) is 0 Å². The van der Waals surface area contributed by atoms with Gasteiger partial charge in [0.1, 0.15) is 11.5 Å². The zero-order valence-corrected chi connectivity index (χ0v) is 12.4. The molecule has 0 bridgehead atoms.